The number of unbranched alkanes of at least 4 members (excludes halogenated alkanes) is 1. The number of aromatic nitrogens is 4. The molecule has 0 fully saturated rings. The van der Waals surface area contributed by atoms with Crippen LogP contribution >= 0.6 is 0 Å². The molecule has 0 amide bonds. The van der Waals surface area contributed by atoms with Gasteiger partial charge in [0.2, 0.25) is 5.65 Å². The highest BCUT2D eigenvalue weighted by Crippen LogP contribution is 2.25. The van der Waals surface area contributed by atoms with Crippen LogP contribution in [0, 0.1) is 0 Å². The number of methoxy groups -OCH3 is 1. The van der Waals surface area contributed by atoms with Gasteiger partial charge in [-0.3, -0.25) is 4.40 Å². The van der Waals surface area contributed by atoms with Crippen LogP contribution in [0.5, 0.6) is 5.75 Å². The lowest BCUT2D eigenvalue weighted by atomic mass is 10.2. The molecule has 122 valence electrons. The molecule has 0 atom stereocenters. The Morgan fingerprint density at radius 2 is 2.13 bits per heavy atom. The van der Waals surface area contributed by atoms with Crippen LogP contribution in [-0.2, 0) is 6.42 Å². The molecule has 0 aliphatic heterocycles. The third-order valence-corrected chi connectivity index (χ3v) is 3.84. The van der Waals surface area contributed by atoms with E-state index in [2.05, 4.69) is 26.8 Å². The van der Waals surface area contributed by atoms with Gasteiger partial charge >= 0.3 is 0 Å². The van der Waals surface area contributed by atoms with Crippen molar-refractivity contribution in [1.29, 1.82) is 0 Å². The summed E-state index contributed by atoms with van der Waals surface area (Å²) in [6, 6.07) is 5.85. The first-order valence-corrected chi connectivity index (χ1v) is 7.94. The Morgan fingerprint density at radius 1 is 1.26 bits per heavy atom. The zero-order valence-electron chi connectivity index (χ0n) is 13.5. The van der Waals surface area contributed by atoms with Gasteiger partial charge in [0, 0.05) is 19.0 Å². The first-order valence-electron chi connectivity index (χ1n) is 7.94. The molecule has 0 bridgehead atoms. The van der Waals surface area contributed by atoms with Gasteiger partial charge in [-0.05, 0) is 31.5 Å². The van der Waals surface area contributed by atoms with Crippen LogP contribution in [0.15, 0.2) is 18.2 Å². The number of aryl methyl sites for hydroxylation is 1. The van der Waals surface area contributed by atoms with Gasteiger partial charge in [-0.25, -0.2) is 4.98 Å². The fraction of sp³-hybridized carbons (Fsp3) is 0.438. The predicted molar refractivity (Wildman–Crippen MR) is 91.0 cm³/mol. The summed E-state index contributed by atoms with van der Waals surface area (Å²) in [5, 5.41) is 12.0. The molecule has 0 aliphatic carbocycles. The van der Waals surface area contributed by atoms with E-state index in [0.29, 0.717) is 6.54 Å². The highest BCUT2D eigenvalue weighted by atomic mass is 16.5. The van der Waals surface area contributed by atoms with E-state index in [1.54, 1.807) is 7.11 Å². The first kappa shape index (κ1) is 15.5. The average Bonchev–Trinajstić information content (AvgIpc) is 3.02. The number of benzene rings is 1. The molecule has 0 saturated heterocycles. The summed E-state index contributed by atoms with van der Waals surface area (Å²) in [6.45, 7) is 3.58. The summed E-state index contributed by atoms with van der Waals surface area (Å²) >= 11 is 0. The van der Waals surface area contributed by atoms with E-state index in [1.165, 1.54) is 0 Å². The normalized spacial score (nSPS) is 11.3. The summed E-state index contributed by atoms with van der Waals surface area (Å²) in [5.41, 5.74) is 8.14. The Bertz CT molecular complexity index is 813. The topological polar surface area (TPSA) is 90.4 Å². The quantitative estimate of drug-likeness (QED) is 0.648. The van der Waals surface area contributed by atoms with Gasteiger partial charge in [0.1, 0.15) is 11.6 Å². The SMILES string of the molecule is CCc1nnc2c(NCCCCN)nc3cc(OC)ccc3n12. The molecule has 3 N–H and O–H groups in total. The van der Waals surface area contributed by atoms with Crippen molar-refractivity contribution in [3.8, 4) is 5.75 Å². The lowest BCUT2D eigenvalue weighted by molar-refractivity contribution is 0.415. The molecule has 0 saturated carbocycles. The first-order chi connectivity index (χ1) is 11.3. The molecule has 7 heteroatoms. The second kappa shape index (κ2) is 6.78. The molecule has 0 spiro atoms. The van der Waals surface area contributed by atoms with Crippen molar-refractivity contribution in [1.82, 2.24) is 19.6 Å². The zero-order chi connectivity index (χ0) is 16.2. The maximum absolute atomic E-state index is 5.54. The number of ether oxygens (including phenoxy) is 1. The lowest BCUT2D eigenvalue weighted by Crippen LogP contribution is -2.09. The number of nitrogens with zero attached hydrogens (tertiary/aromatic N) is 4. The number of nitrogens with two attached hydrogens (primary N) is 1. The minimum Gasteiger partial charge on any atom is -0.497 e. The molecule has 0 radical (unpaired) electrons. The smallest absolute Gasteiger partial charge is 0.204 e. The van der Waals surface area contributed by atoms with Crippen molar-refractivity contribution < 1.29 is 4.74 Å². The number of nitrogens with one attached hydrogen (secondary N) is 1. The predicted octanol–water partition coefficient (Wildman–Crippen LogP) is 2.00. The van der Waals surface area contributed by atoms with Crippen LogP contribution in [0.25, 0.3) is 16.7 Å². The van der Waals surface area contributed by atoms with Crippen LogP contribution in [0.3, 0.4) is 0 Å². The molecule has 2 aromatic heterocycles. The molecule has 7 nitrogen and oxygen atoms in total. The number of rotatable bonds is 7. The van der Waals surface area contributed by atoms with Crippen LogP contribution in [-0.4, -0.2) is 39.8 Å². The van der Waals surface area contributed by atoms with Crippen LogP contribution < -0.4 is 15.8 Å². The Hall–Kier alpha value is -2.41. The third kappa shape index (κ3) is 2.92. The van der Waals surface area contributed by atoms with Crippen molar-refractivity contribution in [2.45, 2.75) is 26.2 Å². The molecule has 2 heterocycles. The van der Waals surface area contributed by atoms with Gasteiger partial charge in [-0.2, -0.15) is 0 Å². The number of hydrogen-bond acceptors (Lipinski definition) is 6. The van der Waals surface area contributed by atoms with Crippen molar-refractivity contribution >= 4 is 22.5 Å². The molecule has 0 aliphatic rings. The van der Waals surface area contributed by atoms with E-state index in [9.17, 15) is 0 Å². The minimum absolute atomic E-state index is 0.699. The van der Waals surface area contributed by atoms with Gasteiger partial charge in [-0.15, -0.1) is 10.2 Å². The Balaban J connectivity index is 2.11. The second-order valence-corrected chi connectivity index (χ2v) is 5.37. The number of fused-ring (bicyclic) bond motifs is 3. The molecule has 3 rings (SSSR count). The standard InChI is InChI=1S/C16H22N6O/c1-3-14-20-21-16-15(18-9-5-4-8-17)19-12-10-11(23-2)6-7-13(12)22(14)16/h6-7,10H,3-5,8-9,17H2,1-2H3,(H,18,19). The summed E-state index contributed by atoms with van der Waals surface area (Å²) in [4.78, 5) is 4.71. The molecular weight excluding hydrogens is 292 g/mol. The van der Waals surface area contributed by atoms with E-state index in [4.69, 9.17) is 15.5 Å². The molecule has 3 aromatic rings. The number of hydrogen-bond donors (Lipinski definition) is 2. The van der Waals surface area contributed by atoms with E-state index in [0.717, 1.165) is 59.9 Å². The monoisotopic (exact) mass is 314 g/mol. The largest absolute Gasteiger partial charge is 0.497 e. The van der Waals surface area contributed by atoms with Gasteiger partial charge in [0.15, 0.2) is 5.82 Å². The van der Waals surface area contributed by atoms with Crippen molar-refractivity contribution in [3.63, 3.8) is 0 Å². The third-order valence-electron chi connectivity index (χ3n) is 3.84. The molecule has 1 aromatic carbocycles. The maximum Gasteiger partial charge on any atom is 0.204 e. The fourth-order valence-electron chi connectivity index (χ4n) is 2.63. The highest BCUT2D eigenvalue weighted by molar-refractivity contribution is 5.84. The summed E-state index contributed by atoms with van der Waals surface area (Å²) < 4.78 is 7.37. The van der Waals surface area contributed by atoms with Crippen molar-refractivity contribution in [2.75, 3.05) is 25.5 Å². The van der Waals surface area contributed by atoms with E-state index in [1.807, 2.05) is 18.2 Å². The maximum atomic E-state index is 5.54. The second-order valence-electron chi connectivity index (χ2n) is 5.37. The molecular formula is C16H22N6O. The van der Waals surface area contributed by atoms with Crippen LogP contribution in [0.4, 0.5) is 5.82 Å². The lowest BCUT2D eigenvalue weighted by Gasteiger charge is -2.10. The zero-order valence-corrected chi connectivity index (χ0v) is 13.5. The van der Waals surface area contributed by atoms with Crippen LogP contribution in [0.1, 0.15) is 25.6 Å². The minimum atomic E-state index is 0.699. The van der Waals surface area contributed by atoms with Gasteiger partial charge < -0.3 is 15.8 Å². The highest BCUT2D eigenvalue weighted by Gasteiger charge is 2.14. The van der Waals surface area contributed by atoms with E-state index < -0.39 is 0 Å². The molecule has 0 unspecified atom stereocenters. The van der Waals surface area contributed by atoms with E-state index >= 15 is 0 Å². The van der Waals surface area contributed by atoms with Gasteiger partial charge in [0.25, 0.3) is 0 Å². The Kier molecular flexibility index (Phi) is 4.57. The summed E-state index contributed by atoms with van der Waals surface area (Å²) in [7, 11) is 1.65. The van der Waals surface area contributed by atoms with Crippen molar-refractivity contribution in [3.05, 3.63) is 24.0 Å². The van der Waals surface area contributed by atoms with Gasteiger partial charge in [0.05, 0.1) is 18.1 Å². The van der Waals surface area contributed by atoms with E-state index in [-0.39, 0.29) is 0 Å². The summed E-state index contributed by atoms with van der Waals surface area (Å²) in [5.74, 6) is 2.45. The van der Waals surface area contributed by atoms with Gasteiger partial charge in [-0.1, -0.05) is 6.92 Å². The Labute approximate surface area is 134 Å². The molecule has 23 heavy (non-hydrogen) atoms. The number of anilines is 1. The fourth-order valence-corrected chi connectivity index (χ4v) is 2.63. The van der Waals surface area contributed by atoms with Crippen molar-refractivity contribution in [2.24, 2.45) is 5.73 Å². The van der Waals surface area contributed by atoms with Crippen LogP contribution in [0.2, 0.25) is 0 Å². The Morgan fingerprint density at radius 3 is 2.87 bits per heavy atom. The average molecular weight is 314 g/mol. The summed E-state index contributed by atoms with van der Waals surface area (Å²) in [6.07, 6.45) is 2.78.